The molecule has 0 unspecified atom stereocenters. The molecule has 0 spiro atoms. The second kappa shape index (κ2) is 8.81. The van der Waals surface area contributed by atoms with E-state index in [1.807, 2.05) is 43.8 Å². The first-order valence-electron chi connectivity index (χ1n) is 9.45. The van der Waals surface area contributed by atoms with Crippen molar-refractivity contribution in [2.24, 2.45) is 7.05 Å². The lowest BCUT2D eigenvalue weighted by atomic mass is 10.1. The van der Waals surface area contributed by atoms with Crippen LogP contribution in [0.3, 0.4) is 0 Å². The maximum Gasteiger partial charge on any atom is 0.225 e. The number of rotatable bonds is 8. The first-order valence-corrected chi connectivity index (χ1v) is 9.45. The zero-order chi connectivity index (χ0) is 21.0. The number of hydrogen-bond donors (Lipinski definition) is 1. The molecule has 0 fully saturated rings. The summed E-state index contributed by atoms with van der Waals surface area (Å²) in [5.41, 5.74) is 4.09. The van der Waals surface area contributed by atoms with Crippen molar-refractivity contribution in [3.63, 3.8) is 0 Å². The maximum absolute atomic E-state index is 12.5. The molecule has 0 aliphatic heterocycles. The average molecular weight is 397 g/mol. The van der Waals surface area contributed by atoms with E-state index >= 15 is 0 Å². The van der Waals surface area contributed by atoms with Crippen LogP contribution in [0.5, 0.6) is 11.5 Å². The molecule has 2 heterocycles. The van der Waals surface area contributed by atoms with Crippen LogP contribution in [0.15, 0.2) is 30.5 Å². The number of aryl methyl sites for hydroxylation is 2. The molecular formula is C21H27N5O3. The molecule has 0 bridgehead atoms. The third-order valence-corrected chi connectivity index (χ3v) is 5.05. The third-order valence-electron chi connectivity index (χ3n) is 5.05. The van der Waals surface area contributed by atoms with E-state index in [2.05, 4.69) is 15.5 Å². The van der Waals surface area contributed by atoms with E-state index in [0.717, 1.165) is 22.5 Å². The maximum atomic E-state index is 12.5. The fourth-order valence-electron chi connectivity index (χ4n) is 3.43. The second-order valence-electron chi connectivity index (χ2n) is 6.85. The zero-order valence-electron chi connectivity index (χ0n) is 17.5. The average Bonchev–Trinajstić information content (AvgIpc) is 3.23. The lowest BCUT2D eigenvalue weighted by Gasteiger charge is -2.14. The van der Waals surface area contributed by atoms with E-state index < -0.39 is 0 Å². The highest BCUT2D eigenvalue weighted by Crippen LogP contribution is 2.31. The predicted molar refractivity (Wildman–Crippen MR) is 111 cm³/mol. The fourth-order valence-corrected chi connectivity index (χ4v) is 3.43. The number of nitrogens with one attached hydrogen (secondary N) is 1. The van der Waals surface area contributed by atoms with Crippen LogP contribution >= 0.6 is 0 Å². The van der Waals surface area contributed by atoms with Gasteiger partial charge >= 0.3 is 0 Å². The number of benzene rings is 1. The highest BCUT2D eigenvalue weighted by molar-refractivity contribution is 5.90. The van der Waals surface area contributed by atoms with Gasteiger partial charge in [0.25, 0.3) is 0 Å². The van der Waals surface area contributed by atoms with Gasteiger partial charge < -0.3 is 14.8 Å². The molecule has 1 N–H and O–H groups in total. The van der Waals surface area contributed by atoms with Gasteiger partial charge in [0, 0.05) is 30.8 Å². The van der Waals surface area contributed by atoms with Gasteiger partial charge in [-0.25, -0.2) is 4.68 Å². The highest BCUT2D eigenvalue weighted by atomic mass is 16.5. The molecule has 1 amide bonds. The monoisotopic (exact) mass is 397 g/mol. The summed E-state index contributed by atoms with van der Waals surface area (Å²) in [6.07, 6.45) is 2.69. The van der Waals surface area contributed by atoms with Crippen molar-refractivity contribution in [3.8, 4) is 11.5 Å². The quantitative estimate of drug-likeness (QED) is 0.632. The van der Waals surface area contributed by atoms with E-state index in [4.69, 9.17) is 9.47 Å². The number of carbonyl (C=O) groups is 1. The normalized spacial score (nSPS) is 10.8. The highest BCUT2D eigenvalue weighted by Gasteiger charge is 2.15. The van der Waals surface area contributed by atoms with Crippen LogP contribution in [-0.2, 0) is 24.8 Å². The number of nitrogens with zero attached hydrogens (tertiary/aromatic N) is 4. The van der Waals surface area contributed by atoms with Gasteiger partial charge in [-0.2, -0.15) is 10.2 Å². The van der Waals surface area contributed by atoms with Gasteiger partial charge in [0.05, 0.1) is 32.7 Å². The summed E-state index contributed by atoms with van der Waals surface area (Å²) in [5.74, 6) is 1.89. The molecule has 0 radical (unpaired) electrons. The molecule has 3 rings (SSSR count). The number of hydrogen-bond acceptors (Lipinski definition) is 5. The predicted octanol–water partition coefficient (Wildman–Crippen LogP) is 2.87. The lowest BCUT2D eigenvalue weighted by Crippen LogP contribution is -2.17. The first kappa shape index (κ1) is 20.4. The summed E-state index contributed by atoms with van der Waals surface area (Å²) in [6.45, 7) is 4.43. The van der Waals surface area contributed by atoms with Crippen molar-refractivity contribution in [1.29, 1.82) is 0 Å². The van der Waals surface area contributed by atoms with Crippen molar-refractivity contribution < 1.29 is 14.3 Å². The van der Waals surface area contributed by atoms with Gasteiger partial charge in [-0.15, -0.1) is 0 Å². The summed E-state index contributed by atoms with van der Waals surface area (Å²) in [6, 6.07) is 7.47. The van der Waals surface area contributed by atoms with Gasteiger partial charge in [0.1, 0.15) is 5.82 Å². The Morgan fingerprint density at radius 1 is 1.17 bits per heavy atom. The molecule has 3 aromatic rings. The standard InChI is InChI=1S/C21H27N5O3/c1-14-17(15(2)25(3)24-14)9-10-20(27)23-19-11-12-22-26(19)13-16-7-6-8-18(28-4)21(16)29-5/h6-8,11-12H,9-10,13H2,1-5H3,(H,23,27). The Labute approximate surface area is 170 Å². The Kier molecular flexibility index (Phi) is 6.21. The number of amides is 1. The molecule has 0 saturated heterocycles. The SMILES string of the molecule is COc1cccc(Cn2nccc2NC(=O)CCc2c(C)nn(C)c2C)c1OC. The minimum absolute atomic E-state index is 0.0630. The summed E-state index contributed by atoms with van der Waals surface area (Å²) < 4.78 is 14.4. The number of para-hydroxylation sites is 1. The largest absolute Gasteiger partial charge is 0.493 e. The van der Waals surface area contributed by atoms with Gasteiger partial charge in [-0.1, -0.05) is 12.1 Å². The molecule has 8 nitrogen and oxygen atoms in total. The Morgan fingerprint density at radius 2 is 1.97 bits per heavy atom. The number of anilines is 1. The molecule has 8 heteroatoms. The van der Waals surface area contributed by atoms with Crippen LogP contribution in [0, 0.1) is 13.8 Å². The lowest BCUT2D eigenvalue weighted by molar-refractivity contribution is -0.116. The van der Waals surface area contributed by atoms with Gasteiger partial charge in [-0.3, -0.25) is 9.48 Å². The van der Waals surface area contributed by atoms with Gasteiger partial charge in [0.15, 0.2) is 11.5 Å². The number of methoxy groups -OCH3 is 2. The second-order valence-corrected chi connectivity index (χ2v) is 6.85. The summed E-state index contributed by atoms with van der Waals surface area (Å²) >= 11 is 0. The molecule has 2 aromatic heterocycles. The summed E-state index contributed by atoms with van der Waals surface area (Å²) in [4.78, 5) is 12.5. The summed E-state index contributed by atoms with van der Waals surface area (Å²) in [5, 5.41) is 11.7. The zero-order valence-corrected chi connectivity index (χ0v) is 17.5. The number of ether oxygens (including phenoxy) is 2. The van der Waals surface area contributed by atoms with Gasteiger partial charge in [-0.05, 0) is 31.9 Å². The van der Waals surface area contributed by atoms with E-state index in [1.165, 1.54) is 0 Å². The van der Waals surface area contributed by atoms with Crippen molar-refractivity contribution in [2.75, 3.05) is 19.5 Å². The number of aromatic nitrogens is 4. The molecule has 154 valence electrons. The van der Waals surface area contributed by atoms with Gasteiger partial charge in [0.2, 0.25) is 5.91 Å². The minimum Gasteiger partial charge on any atom is -0.493 e. The van der Waals surface area contributed by atoms with Crippen LogP contribution in [0.25, 0.3) is 0 Å². The third kappa shape index (κ3) is 4.42. The Hall–Kier alpha value is -3.29. The Bertz CT molecular complexity index is 1010. The topological polar surface area (TPSA) is 83.2 Å². The van der Waals surface area contributed by atoms with E-state index in [0.29, 0.717) is 36.7 Å². The van der Waals surface area contributed by atoms with Crippen molar-refractivity contribution in [3.05, 3.63) is 53.0 Å². The summed E-state index contributed by atoms with van der Waals surface area (Å²) in [7, 11) is 5.12. The molecule has 0 saturated carbocycles. The van der Waals surface area contributed by atoms with Crippen molar-refractivity contribution in [2.45, 2.75) is 33.2 Å². The minimum atomic E-state index is -0.0630. The van der Waals surface area contributed by atoms with E-state index in [1.54, 1.807) is 31.2 Å². The van der Waals surface area contributed by atoms with E-state index in [-0.39, 0.29) is 5.91 Å². The molecule has 29 heavy (non-hydrogen) atoms. The van der Waals surface area contributed by atoms with Crippen molar-refractivity contribution >= 4 is 11.7 Å². The van der Waals surface area contributed by atoms with Crippen LogP contribution in [0.2, 0.25) is 0 Å². The Balaban J connectivity index is 1.68. The smallest absolute Gasteiger partial charge is 0.225 e. The van der Waals surface area contributed by atoms with Crippen LogP contribution in [0.4, 0.5) is 5.82 Å². The molecular weight excluding hydrogens is 370 g/mol. The molecule has 0 aliphatic rings. The number of carbonyl (C=O) groups excluding carboxylic acids is 1. The molecule has 0 aliphatic carbocycles. The van der Waals surface area contributed by atoms with Crippen LogP contribution in [0.1, 0.15) is 28.9 Å². The van der Waals surface area contributed by atoms with E-state index in [9.17, 15) is 4.79 Å². The molecule has 1 aromatic carbocycles. The Morgan fingerprint density at radius 3 is 2.62 bits per heavy atom. The first-order chi connectivity index (χ1) is 13.9. The molecule has 0 atom stereocenters. The van der Waals surface area contributed by atoms with Crippen molar-refractivity contribution in [1.82, 2.24) is 19.6 Å². The van der Waals surface area contributed by atoms with Crippen LogP contribution in [-0.4, -0.2) is 39.7 Å². The fraction of sp³-hybridized carbons (Fsp3) is 0.381. The van der Waals surface area contributed by atoms with Crippen LogP contribution < -0.4 is 14.8 Å².